The maximum Gasteiger partial charge on any atom is 0.239 e. The van der Waals surface area contributed by atoms with Gasteiger partial charge in [0.05, 0.1) is 6.54 Å². The molecule has 1 amide bonds. The van der Waals surface area contributed by atoms with Crippen LogP contribution in [0.5, 0.6) is 0 Å². The summed E-state index contributed by atoms with van der Waals surface area (Å²) in [6, 6.07) is 3.06. The Labute approximate surface area is 99.2 Å². The molecule has 0 aliphatic heterocycles. The number of hydrogen-bond acceptors (Lipinski definition) is 2. The van der Waals surface area contributed by atoms with Gasteiger partial charge in [-0.25, -0.2) is 8.78 Å². The molecule has 1 aromatic carbocycles. The van der Waals surface area contributed by atoms with E-state index in [1.165, 1.54) is 0 Å². The molecule has 3 nitrogen and oxygen atoms in total. The van der Waals surface area contributed by atoms with Crippen molar-refractivity contribution in [2.45, 2.75) is 13.8 Å². The van der Waals surface area contributed by atoms with Crippen LogP contribution in [-0.4, -0.2) is 19.0 Å². The van der Waals surface area contributed by atoms with Crippen LogP contribution in [0.1, 0.15) is 13.8 Å². The molecule has 0 aromatic heterocycles. The molecule has 0 heterocycles. The molecule has 0 saturated heterocycles. The van der Waals surface area contributed by atoms with Crippen molar-refractivity contribution in [3.8, 4) is 0 Å². The van der Waals surface area contributed by atoms with E-state index in [1.807, 2.05) is 13.8 Å². The summed E-state index contributed by atoms with van der Waals surface area (Å²) in [5.74, 6) is -1.18. The average Bonchev–Trinajstić information content (AvgIpc) is 2.22. The molecule has 94 valence electrons. The van der Waals surface area contributed by atoms with Crippen LogP contribution >= 0.6 is 0 Å². The normalized spacial score (nSPS) is 10.4. The van der Waals surface area contributed by atoms with Crippen LogP contribution in [0.2, 0.25) is 0 Å². The molecule has 0 fully saturated rings. The molecule has 0 aliphatic carbocycles. The summed E-state index contributed by atoms with van der Waals surface area (Å²) in [6.07, 6.45) is 0. The summed E-state index contributed by atoms with van der Waals surface area (Å²) in [5, 5.41) is 5.35. The van der Waals surface area contributed by atoms with Crippen LogP contribution in [0.3, 0.4) is 0 Å². The van der Waals surface area contributed by atoms with E-state index in [2.05, 4.69) is 10.6 Å². The van der Waals surface area contributed by atoms with Crippen LogP contribution in [0.15, 0.2) is 18.2 Å². The topological polar surface area (TPSA) is 41.1 Å². The van der Waals surface area contributed by atoms with Crippen molar-refractivity contribution in [1.29, 1.82) is 0 Å². The van der Waals surface area contributed by atoms with Gasteiger partial charge in [-0.3, -0.25) is 4.79 Å². The first kappa shape index (κ1) is 13.4. The number of anilines is 1. The van der Waals surface area contributed by atoms with Crippen molar-refractivity contribution < 1.29 is 13.6 Å². The van der Waals surface area contributed by atoms with Crippen LogP contribution < -0.4 is 10.6 Å². The maximum absolute atomic E-state index is 12.8. The molecule has 0 bridgehead atoms. The zero-order chi connectivity index (χ0) is 12.8. The van der Waals surface area contributed by atoms with Gasteiger partial charge in [-0.15, -0.1) is 0 Å². The van der Waals surface area contributed by atoms with Gasteiger partial charge in [0.2, 0.25) is 5.91 Å². The fraction of sp³-hybridized carbons (Fsp3) is 0.417. The highest BCUT2D eigenvalue weighted by Crippen LogP contribution is 2.12. The van der Waals surface area contributed by atoms with Gasteiger partial charge in [-0.2, -0.15) is 0 Å². The van der Waals surface area contributed by atoms with Crippen LogP contribution in [-0.2, 0) is 4.79 Å². The predicted octanol–water partition coefficient (Wildman–Crippen LogP) is 2.15. The minimum absolute atomic E-state index is 0.00435. The largest absolute Gasteiger partial charge is 0.376 e. The van der Waals surface area contributed by atoms with E-state index in [1.54, 1.807) is 0 Å². The summed E-state index contributed by atoms with van der Waals surface area (Å²) in [7, 11) is 0. The Hall–Kier alpha value is -1.65. The Morgan fingerprint density at radius 1 is 1.24 bits per heavy atom. The first-order valence-corrected chi connectivity index (χ1v) is 5.44. The van der Waals surface area contributed by atoms with Gasteiger partial charge in [0, 0.05) is 18.3 Å². The van der Waals surface area contributed by atoms with E-state index in [9.17, 15) is 13.6 Å². The molecule has 1 rings (SSSR count). The summed E-state index contributed by atoms with van der Waals surface area (Å²) in [5.41, 5.74) is 0.252. The standard InChI is InChI=1S/C12H16F2N2O/c1-8(2)6-16-12(17)7-15-11-4-9(13)3-10(14)5-11/h3-5,8,15H,6-7H2,1-2H3,(H,16,17). The van der Waals surface area contributed by atoms with E-state index >= 15 is 0 Å². The third kappa shape index (κ3) is 5.29. The SMILES string of the molecule is CC(C)CNC(=O)CNc1cc(F)cc(F)c1. The zero-order valence-electron chi connectivity index (χ0n) is 9.89. The van der Waals surface area contributed by atoms with Gasteiger partial charge in [0.1, 0.15) is 11.6 Å². The fourth-order valence-electron chi connectivity index (χ4n) is 1.22. The number of carbonyl (C=O) groups is 1. The molecule has 1 aromatic rings. The van der Waals surface area contributed by atoms with Crippen LogP contribution in [0.25, 0.3) is 0 Å². The third-order valence-electron chi connectivity index (χ3n) is 2.02. The Balaban J connectivity index is 2.42. The minimum Gasteiger partial charge on any atom is -0.376 e. The second-order valence-corrected chi connectivity index (χ2v) is 4.21. The number of rotatable bonds is 5. The number of carbonyl (C=O) groups excluding carboxylic acids is 1. The van der Waals surface area contributed by atoms with Crippen molar-refractivity contribution in [2.24, 2.45) is 5.92 Å². The quantitative estimate of drug-likeness (QED) is 0.830. The molecule has 0 spiro atoms. The molecule has 0 saturated carbocycles. The fourth-order valence-corrected chi connectivity index (χ4v) is 1.22. The molecule has 17 heavy (non-hydrogen) atoms. The highest BCUT2D eigenvalue weighted by molar-refractivity contribution is 5.80. The minimum atomic E-state index is -0.671. The van der Waals surface area contributed by atoms with Crippen molar-refractivity contribution >= 4 is 11.6 Å². The molecule has 0 aliphatic rings. The summed E-state index contributed by atoms with van der Waals surface area (Å²) >= 11 is 0. The molecule has 0 unspecified atom stereocenters. The lowest BCUT2D eigenvalue weighted by atomic mass is 10.2. The zero-order valence-corrected chi connectivity index (χ0v) is 9.89. The van der Waals surface area contributed by atoms with Crippen LogP contribution in [0, 0.1) is 17.6 Å². The molecular formula is C12H16F2N2O. The van der Waals surface area contributed by atoms with Crippen LogP contribution in [0.4, 0.5) is 14.5 Å². The molecule has 2 N–H and O–H groups in total. The van der Waals surface area contributed by atoms with Gasteiger partial charge in [0.15, 0.2) is 0 Å². The number of amides is 1. The van der Waals surface area contributed by atoms with Crippen molar-refractivity contribution in [3.05, 3.63) is 29.8 Å². The first-order chi connectivity index (χ1) is 7.97. The van der Waals surface area contributed by atoms with E-state index in [0.29, 0.717) is 12.5 Å². The Kier molecular flexibility index (Phi) is 4.87. The van der Waals surface area contributed by atoms with E-state index in [-0.39, 0.29) is 18.1 Å². The average molecular weight is 242 g/mol. The first-order valence-electron chi connectivity index (χ1n) is 5.44. The molecule has 0 atom stereocenters. The van der Waals surface area contributed by atoms with Crippen molar-refractivity contribution in [1.82, 2.24) is 5.32 Å². The predicted molar refractivity (Wildman–Crippen MR) is 62.7 cm³/mol. The Bertz CT molecular complexity index is 374. The summed E-state index contributed by atoms with van der Waals surface area (Å²) in [6.45, 7) is 4.54. The van der Waals surface area contributed by atoms with Gasteiger partial charge in [-0.05, 0) is 18.1 Å². The van der Waals surface area contributed by atoms with Gasteiger partial charge in [0.25, 0.3) is 0 Å². The monoisotopic (exact) mass is 242 g/mol. The second-order valence-electron chi connectivity index (χ2n) is 4.21. The van der Waals surface area contributed by atoms with Crippen molar-refractivity contribution in [2.75, 3.05) is 18.4 Å². The number of hydrogen-bond donors (Lipinski definition) is 2. The lowest BCUT2D eigenvalue weighted by Gasteiger charge is -2.09. The third-order valence-corrected chi connectivity index (χ3v) is 2.02. The van der Waals surface area contributed by atoms with Gasteiger partial charge < -0.3 is 10.6 Å². The Morgan fingerprint density at radius 3 is 2.35 bits per heavy atom. The smallest absolute Gasteiger partial charge is 0.239 e. The van der Waals surface area contributed by atoms with Crippen molar-refractivity contribution in [3.63, 3.8) is 0 Å². The molecule has 5 heteroatoms. The molecular weight excluding hydrogens is 226 g/mol. The van der Waals surface area contributed by atoms with E-state index < -0.39 is 11.6 Å². The van der Waals surface area contributed by atoms with E-state index in [0.717, 1.165) is 18.2 Å². The molecule has 0 radical (unpaired) electrons. The van der Waals surface area contributed by atoms with Gasteiger partial charge >= 0.3 is 0 Å². The van der Waals surface area contributed by atoms with Gasteiger partial charge in [-0.1, -0.05) is 13.8 Å². The summed E-state index contributed by atoms with van der Waals surface area (Å²) in [4.78, 5) is 11.3. The lowest BCUT2D eigenvalue weighted by molar-refractivity contribution is -0.119. The Morgan fingerprint density at radius 2 is 1.82 bits per heavy atom. The van der Waals surface area contributed by atoms with E-state index in [4.69, 9.17) is 0 Å². The highest BCUT2D eigenvalue weighted by Gasteiger charge is 2.04. The summed E-state index contributed by atoms with van der Waals surface area (Å²) < 4.78 is 25.7. The lowest BCUT2D eigenvalue weighted by Crippen LogP contribution is -2.32. The second kappa shape index (κ2) is 6.18. The number of benzene rings is 1. The highest BCUT2D eigenvalue weighted by atomic mass is 19.1. The number of halogens is 2. The maximum atomic E-state index is 12.8. The number of nitrogens with one attached hydrogen (secondary N) is 2.